The van der Waals surface area contributed by atoms with E-state index in [0.29, 0.717) is 5.69 Å². The van der Waals surface area contributed by atoms with E-state index in [4.69, 9.17) is 5.73 Å². The number of carbonyl (C=O) groups excluding carboxylic acids is 1. The van der Waals surface area contributed by atoms with Crippen molar-refractivity contribution in [2.45, 2.75) is 0 Å². The van der Waals surface area contributed by atoms with Gasteiger partial charge >= 0.3 is 0 Å². The van der Waals surface area contributed by atoms with Crippen LogP contribution in [0.2, 0.25) is 0 Å². The molecule has 0 bridgehead atoms. The largest absolute Gasteiger partial charge is 0.399 e. The van der Waals surface area contributed by atoms with E-state index in [2.05, 4.69) is 0 Å². The zero-order chi connectivity index (χ0) is 9.42. The van der Waals surface area contributed by atoms with Gasteiger partial charge in [-0.2, -0.15) is 0 Å². The first-order valence-electron chi connectivity index (χ1n) is 4.02. The number of fused-ring (bicyclic) bond motifs is 1. The van der Waals surface area contributed by atoms with Gasteiger partial charge in [-0.1, -0.05) is 0 Å². The first kappa shape index (κ1) is 7.86. The molecule has 2 N–H and O–H groups in total. The van der Waals surface area contributed by atoms with Crippen molar-refractivity contribution >= 4 is 22.9 Å². The fourth-order valence-corrected chi connectivity index (χ4v) is 1.50. The Morgan fingerprint density at radius 3 is 2.85 bits per heavy atom. The molecule has 0 atom stereocenters. The molecule has 3 nitrogen and oxygen atoms in total. The molecule has 0 spiro atoms. The number of nitrogens with two attached hydrogens (primary N) is 1. The van der Waals surface area contributed by atoms with Crippen LogP contribution >= 0.6 is 0 Å². The molecule has 2 rings (SSSR count). The Balaban J connectivity index is 2.83. The molecule has 66 valence electrons. The topological polar surface area (TPSA) is 48.0 Å². The summed E-state index contributed by atoms with van der Waals surface area (Å²) >= 11 is 0. The van der Waals surface area contributed by atoms with Gasteiger partial charge in [-0.05, 0) is 24.3 Å². The van der Waals surface area contributed by atoms with E-state index in [1.54, 1.807) is 0 Å². The van der Waals surface area contributed by atoms with Crippen LogP contribution in [0.3, 0.4) is 0 Å². The number of hydrogen-bond donors (Lipinski definition) is 1. The van der Waals surface area contributed by atoms with Crippen LogP contribution in [-0.2, 0) is 7.05 Å². The lowest BCUT2D eigenvalue weighted by molar-refractivity contribution is 0.111. The predicted molar refractivity (Wildman–Crippen MR) is 52.7 cm³/mol. The van der Waals surface area contributed by atoms with Crippen LogP contribution in [0, 0.1) is 0 Å². The third kappa shape index (κ3) is 1.09. The van der Waals surface area contributed by atoms with Gasteiger partial charge in [0.25, 0.3) is 0 Å². The Morgan fingerprint density at radius 1 is 1.38 bits per heavy atom. The number of aromatic nitrogens is 1. The van der Waals surface area contributed by atoms with E-state index >= 15 is 0 Å². The lowest BCUT2D eigenvalue weighted by Gasteiger charge is -1.97. The van der Waals surface area contributed by atoms with Crippen LogP contribution in [0.5, 0.6) is 0 Å². The Hall–Kier alpha value is -1.77. The minimum Gasteiger partial charge on any atom is -0.399 e. The maximum Gasteiger partial charge on any atom is 0.166 e. The Labute approximate surface area is 75.8 Å². The molecule has 0 unspecified atom stereocenters. The molecular formula is C10H10N2O. The van der Waals surface area contributed by atoms with Crippen molar-refractivity contribution in [2.24, 2.45) is 7.05 Å². The summed E-state index contributed by atoms with van der Waals surface area (Å²) in [5.41, 5.74) is 8.04. The third-order valence-electron chi connectivity index (χ3n) is 2.22. The van der Waals surface area contributed by atoms with E-state index in [0.717, 1.165) is 22.9 Å². The monoisotopic (exact) mass is 174 g/mol. The van der Waals surface area contributed by atoms with E-state index in [-0.39, 0.29) is 0 Å². The predicted octanol–water partition coefficient (Wildman–Crippen LogP) is 1.57. The van der Waals surface area contributed by atoms with E-state index in [9.17, 15) is 4.79 Å². The van der Waals surface area contributed by atoms with Crippen molar-refractivity contribution in [3.8, 4) is 0 Å². The Bertz CT molecular complexity index is 471. The van der Waals surface area contributed by atoms with Gasteiger partial charge in [0.05, 0.1) is 5.69 Å². The highest BCUT2D eigenvalue weighted by Gasteiger charge is 2.03. The molecule has 1 aromatic carbocycles. The first-order chi connectivity index (χ1) is 6.22. The number of nitrogens with zero attached hydrogens (tertiary/aromatic N) is 1. The SMILES string of the molecule is Cn1c(C=O)cc2cc(N)ccc21. The van der Waals surface area contributed by atoms with Gasteiger partial charge in [0.15, 0.2) is 6.29 Å². The lowest BCUT2D eigenvalue weighted by Crippen LogP contribution is -1.93. The number of hydrogen-bond acceptors (Lipinski definition) is 2. The highest BCUT2D eigenvalue weighted by molar-refractivity contribution is 5.90. The summed E-state index contributed by atoms with van der Waals surface area (Å²) in [4.78, 5) is 10.6. The molecule has 3 heteroatoms. The molecule has 0 aliphatic carbocycles. The number of rotatable bonds is 1. The van der Waals surface area contributed by atoms with Crippen LogP contribution in [0.1, 0.15) is 10.5 Å². The molecule has 0 radical (unpaired) electrons. The molecule has 13 heavy (non-hydrogen) atoms. The van der Waals surface area contributed by atoms with Crippen molar-refractivity contribution in [3.05, 3.63) is 30.0 Å². The summed E-state index contributed by atoms with van der Waals surface area (Å²) in [6, 6.07) is 7.44. The number of anilines is 1. The fraction of sp³-hybridized carbons (Fsp3) is 0.100. The van der Waals surface area contributed by atoms with Crippen LogP contribution in [0.4, 0.5) is 5.69 Å². The van der Waals surface area contributed by atoms with Gasteiger partial charge in [-0.3, -0.25) is 4.79 Å². The van der Waals surface area contributed by atoms with Crippen LogP contribution in [-0.4, -0.2) is 10.9 Å². The normalized spacial score (nSPS) is 10.5. The molecular weight excluding hydrogens is 164 g/mol. The maximum atomic E-state index is 10.6. The summed E-state index contributed by atoms with van der Waals surface area (Å²) in [5.74, 6) is 0. The summed E-state index contributed by atoms with van der Waals surface area (Å²) < 4.78 is 1.85. The summed E-state index contributed by atoms with van der Waals surface area (Å²) in [6.07, 6.45) is 0.843. The van der Waals surface area contributed by atoms with E-state index < -0.39 is 0 Å². The Kier molecular flexibility index (Phi) is 1.59. The van der Waals surface area contributed by atoms with Gasteiger partial charge in [-0.15, -0.1) is 0 Å². The van der Waals surface area contributed by atoms with Crippen LogP contribution < -0.4 is 5.73 Å². The van der Waals surface area contributed by atoms with Crippen LogP contribution in [0.15, 0.2) is 24.3 Å². The second-order valence-electron chi connectivity index (χ2n) is 3.06. The maximum absolute atomic E-state index is 10.6. The van der Waals surface area contributed by atoms with Gasteiger partial charge in [0.1, 0.15) is 0 Å². The highest BCUT2D eigenvalue weighted by atomic mass is 16.1. The van der Waals surface area contributed by atoms with Crippen molar-refractivity contribution in [2.75, 3.05) is 5.73 Å². The molecule has 2 aromatic rings. The molecule has 0 fully saturated rings. The summed E-state index contributed by atoms with van der Waals surface area (Å²) in [7, 11) is 1.86. The number of carbonyl (C=O) groups is 1. The minimum atomic E-state index is 0.667. The first-order valence-corrected chi connectivity index (χ1v) is 4.02. The number of aldehydes is 1. The van der Waals surface area contributed by atoms with Crippen molar-refractivity contribution < 1.29 is 4.79 Å². The van der Waals surface area contributed by atoms with Gasteiger partial charge < -0.3 is 10.3 Å². The van der Waals surface area contributed by atoms with Gasteiger partial charge in [0, 0.05) is 23.6 Å². The van der Waals surface area contributed by atoms with E-state index in [1.807, 2.05) is 35.9 Å². The third-order valence-corrected chi connectivity index (χ3v) is 2.22. The number of aryl methyl sites for hydroxylation is 1. The Morgan fingerprint density at radius 2 is 2.15 bits per heavy atom. The number of nitrogen functional groups attached to an aromatic ring is 1. The average molecular weight is 174 g/mol. The second kappa shape index (κ2) is 2.62. The highest BCUT2D eigenvalue weighted by Crippen LogP contribution is 2.19. The van der Waals surface area contributed by atoms with Crippen molar-refractivity contribution in [1.82, 2.24) is 4.57 Å². The lowest BCUT2D eigenvalue weighted by atomic mass is 10.2. The quantitative estimate of drug-likeness (QED) is 0.527. The minimum absolute atomic E-state index is 0.667. The molecule has 1 aromatic heterocycles. The zero-order valence-electron chi connectivity index (χ0n) is 7.32. The molecule has 0 aliphatic heterocycles. The standard InChI is InChI=1S/C10H10N2O/c1-12-9(6-13)5-7-4-8(11)2-3-10(7)12/h2-6H,11H2,1H3. The molecule has 0 amide bonds. The average Bonchev–Trinajstić information content (AvgIpc) is 2.42. The van der Waals surface area contributed by atoms with Crippen molar-refractivity contribution in [1.29, 1.82) is 0 Å². The second-order valence-corrected chi connectivity index (χ2v) is 3.06. The van der Waals surface area contributed by atoms with Crippen LogP contribution in [0.25, 0.3) is 10.9 Å². The molecule has 0 saturated carbocycles. The smallest absolute Gasteiger partial charge is 0.166 e. The van der Waals surface area contributed by atoms with Gasteiger partial charge in [0.2, 0.25) is 0 Å². The molecule has 1 heterocycles. The number of benzene rings is 1. The van der Waals surface area contributed by atoms with E-state index in [1.165, 1.54) is 0 Å². The summed E-state index contributed by atoms with van der Waals surface area (Å²) in [5, 5.41) is 1.00. The van der Waals surface area contributed by atoms with Gasteiger partial charge in [-0.25, -0.2) is 0 Å². The van der Waals surface area contributed by atoms with Crippen molar-refractivity contribution in [3.63, 3.8) is 0 Å². The molecule has 0 aliphatic rings. The molecule has 0 saturated heterocycles. The zero-order valence-corrected chi connectivity index (χ0v) is 7.32. The summed E-state index contributed by atoms with van der Waals surface area (Å²) in [6.45, 7) is 0. The fourth-order valence-electron chi connectivity index (χ4n) is 1.50.